The van der Waals surface area contributed by atoms with E-state index in [1.165, 1.54) is 6.07 Å². The van der Waals surface area contributed by atoms with E-state index >= 15 is 0 Å². The van der Waals surface area contributed by atoms with Gasteiger partial charge < -0.3 is 10.8 Å². The first-order valence-corrected chi connectivity index (χ1v) is 4.17. The minimum Gasteiger partial charge on any atom is -0.507 e. The molecule has 3 N–H and O–H groups in total. The van der Waals surface area contributed by atoms with Gasteiger partial charge in [0.05, 0.1) is 17.1 Å². The number of halogens is 1. The summed E-state index contributed by atoms with van der Waals surface area (Å²) in [5.41, 5.74) is 6.03. The summed E-state index contributed by atoms with van der Waals surface area (Å²) in [4.78, 5) is 11.2. The minimum absolute atomic E-state index is 0.115. The lowest BCUT2D eigenvalue weighted by atomic mass is 10.1. The molecule has 4 heteroatoms. The highest BCUT2D eigenvalue weighted by atomic mass is 35.5. The number of aryl methyl sites for hydroxylation is 1. The molecule has 0 aliphatic heterocycles. The number of hydrogen-bond donors (Lipinski definition) is 2. The summed E-state index contributed by atoms with van der Waals surface area (Å²) >= 11 is 5.84. The standard InChI is InChI=1S/C9H10ClNO2/c1-5-2-3-6(12)8(9(5)10)7(13)4-11/h2-3,12H,4,11H2,1H3. The average molecular weight is 200 g/mol. The van der Waals surface area contributed by atoms with Gasteiger partial charge in [0.25, 0.3) is 0 Å². The van der Waals surface area contributed by atoms with Gasteiger partial charge in [-0.15, -0.1) is 0 Å². The Kier molecular flexibility index (Phi) is 2.90. The first kappa shape index (κ1) is 10.0. The maximum atomic E-state index is 11.2. The number of ketones is 1. The predicted molar refractivity (Wildman–Crippen MR) is 51.2 cm³/mol. The molecule has 0 radical (unpaired) electrons. The number of carbonyl (C=O) groups is 1. The Morgan fingerprint density at radius 2 is 2.23 bits per heavy atom. The number of benzene rings is 1. The van der Waals surface area contributed by atoms with Crippen molar-refractivity contribution in [3.63, 3.8) is 0 Å². The van der Waals surface area contributed by atoms with Gasteiger partial charge in [-0.1, -0.05) is 17.7 Å². The smallest absolute Gasteiger partial charge is 0.181 e. The quantitative estimate of drug-likeness (QED) is 0.710. The minimum atomic E-state index is -0.355. The highest BCUT2D eigenvalue weighted by Crippen LogP contribution is 2.28. The van der Waals surface area contributed by atoms with Crippen molar-refractivity contribution in [2.45, 2.75) is 6.92 Å². The van der Waals surface area contributed by atoms with Crippen molar-refractivity contribution in [1.82, 2.24) is 0 Å². The number of Topliss-reactive ketones (excluding diaryl/α,β-unsaturated/α-hetero) is 1. The van der Waals surface area contributed by atoms with Gasteiger partial charge in [0, 0.05) is 0 Å². The topological polar surface area (TPSA) is 63.3 Å². The zero-order chi connectivity index (χ0) is 10.0. The average Bonchev–Trinajstić information content (AvgIpc) is 2.12. The highest BCUT2D eigenvalue weighted by molar-refractivity contribution is 6.35. The van der Waals surface area contributed by atoms with Crippen molar-refractivity contribution >= 4 is 17.4 Å². The van der Waals surface area contributed by atoms with Crippen LogP contribution in [-0.4, -0.2) is 17.4 Å². The molecule has 0 heterocycles. The zero-order valence-electron chi connectivity index (χ0n) is 7.17. The molecular formula is C9H10ClNO2. The van der Waals surface area contributed by atoms with E-state index in [4.69, 9.17) is 17.3 Å². The molecule has 0 bridgehead atoms. The van der Waals surface area contributed by atoms with Gasteiger partial charge in [-0.3, -0.25) is 4.79 Å². The number of carbonyl (C=O) groups excluding carboxylic acids is 1. The van der Waals surface area contributed by atoms with Crippen LogP contribution in [0.1, 0.15) is 15.9 Å². The predicted octanol–water partition coefficient (Wildman–Crippen LogP) is 1.50. The maximum Gasteiger partial charge on any atom is 0.181 e. The third-order valence-electron chi connectivity index (χ3n) is 1.78. The Hall–Kier alpha value is -1.06. The fraction of sp³-hybridized carbons (Fsp3) is 0.222. The molecule has 0 saturated heterocycles. The molecule has 0 spiro atoms. The molecule has 0 atom stereocenters. The number of aromatic hydroxyl groups is 1. The molecule has 1 aromatic rings. The van der Waals surface area contributed by atoms with Crippen LogP contribution in [0.5, 0.6) is 5.75 Å². The third kappa shape index (κ3) is 1.82. The van der Waals surface area contributed by atoms with Crippen molar-refractivity contribution in [2.75, 3.05) is 6.54 Å². The lowest BCUT2D eigenvalue weighted by Crippen LogP contribution is -2.14. The Morgan fingerprint density at radius 3 is 2.77 bits per heavy atom. The highest BCUT2D eigenvalue weighted by Gasteiger charge is 2.15. The van der Waals surface area contributed by atoms with Crippen LogP contribution in [-0.2, 0) is 0 Å². The molecule has 0 fully saturated rings. The molecule has 0 aliphatic rings. The Morgan fingerprint density at radius 1 is 1.62 bits per heavy atom. The molecule has 0 aromatic heterocycles. The van der Waals surface area contributed by atoms with Crippen LogP contribution in [0, 0.1) is 6.92 Å². The summed E-state index contributed by atoms with van der Waals surface area (Å²) in [6, 6.07) is 3.08. The van der Waals surface area contributed by atoms with Gasteiger partial charge in [-0.2, -0.15) is 0 Å². The summed E-state index contributed by atoms with van der Waals surface area (Å²) in [6.45, 7) is 1.60. The van der Waals surface area contributed by atoms with Crippen molar-refractivity contribution in [3.8, 4) is 5.75 Å². The molecule has 70 valence electrons. The fourth-order valence-electron chi connectivity index (χ4n) is 1.04. The van der Waals surface area contributed by atoms with E-state index in [-0.39, 0.29) is 28.7 Å². The van der Waals surface area contributed by atoms with Gasteiger partial charge >= 0.3 is 0 Å². The summed E-state index contributed by atoms with van der Waals surface area (Å²) in [5, 5.41) is 9.63. The van der Waals surface area contributed by atoms with E-state index in [9.17, 15) is 9.90 Å². The monoisotopic (exact) mass is 199 g/mol. The zero-order valence-corrected chi connectivity index (χ0v) is 7.93. The molecular weight excluding hydrogens is 190 g/mol. The van der Waals surface area contributed by atoms with Gasteiger partial charge in [0.15, 0.2) is 5.78 Å². The van der Waals surface area contributed by atoms with Gasteiger partial charge in [0.1, 0.15) is 5.75 Å². The van der Waals surface area contributed by atoms with Gasteiger partial charge in [-0.25, -0.2) is 0 Å². The second kappa shape index (κ2) is 3.77. The van der Waals surface area contributed by atoms with E-state index in [2.05, 4.69) is 0 Å². The Bertz CT molecular complexity index is 350. The third-order valence-corrected chi connectivity index (χ3v) is 2.26. The SMILES string of the molecule is Cc1ccc(O)c(C(=O)CN)c1Cl. The van der Waals surface area contributed by atoms with Crippen LogP contribution >= 0.6 is 11.6 Å². The molecule has 1 rings (SSSR count). The van der Waals surface area contributed by atoms with Crippen LogP contribution in [0.4, 0.5) is 0 Å². The van der Waals surface area contributed by atoms with Crippen molar-refractivity contribution in [2.24, 2.45) is 5.73 Å². The van der Waals surface area contributed by atoms with Crippen LogP contribution < -0.4 is 5.73 Å². The molecule has 0 saturated carbocycles. The van der Waals surface area contributed by atoms with Crippen molar-refractivity contribution in [3.05, 3.63) is 28.3 Å². The molecule has 3 nitrogen and oxygen atoms in total. The van der Waals surface area contributed by atoms with Gasteiger partial charge in [0.2, 0.25) is 0 Å². The summed E-state index contributed by atoms with van der Waals surface area (Å²) in [5.74, 6) is -0.475. The van der Waals surface area contributed by atoms with E-state index in [0.29, 0.717) is 0 Å². The number of hydrogen-bond acceptors (Lipinski definition) is 3. The second-order valence-electron chi connectivity index (χ2n) is 2.72. The van der Waals surface area contributed by atoms with E-state index < -0.39 is 0 Å². The van der Waals surface area contributed by atoms with Crippen LogP contribution in [0.3, 0.4) is 0 Å². The van der Waals surface area contributed by atoms with Crippen molar-refractivity contribution in [1.29, 1.82) is 0 Å². The van der Waals surface area contributed by atoms with Gasteiger partial charge in [-0.05, 0) is 18.6 Å². The Labute approximate surface area is 81.1 Å². The van der Waals surface area contributed by atoms with Crippen LogP contribution in [0.2, 0.25) is 5.02 Å². The first-order chi connectivity index (χ1) is 6.07. The molecule has 0 unspecified atom stereocenters. The first-order valence-electron chi connectivity index (χ1n) is 3.79. The summed E-state index contributed by atoms with van der Waals surface area (Å²) in [7, 11) is 0. The lowest BCUT2D eigenvalue weighted by molar-refractivity contribution is 0.0999. The number of rotatable bonds is 2. The van der Waals surface area contributed by atoms with E-state index in [1.807, 2.05) is 0 Å². The number of nitrogens with two attached hydrogens (primary N) is 1. The molecule has 0 aliphatic carbocycles. The van der Waals surface area contributed by atoms with E-state index in [1.54, 1.807) is 13.0 Å². The summed E-state index contributed by atoms with van der Waals surface area (Å²) in [6.07, 6.45) is 0. The number of phenolic OH excluding ortho intramolecular Hbond substituents is 1. The molecule has 0 amide bonds. The number of phenols is 1. The second-order valence-corrected chi connectivity index (χ2v) is 3.10. The van der Waals surface area contributed by atoms with Crippen LogP contribution in [0.25, 0.3) is 0 Å². The van der Waals surface area contributed by atoms with E-state index in [0.717, 1.165) is 5.56 Å². The lowest BCUT2D eigenvalue weighted by Gasteiger charge is -2.06. The largest absolute Gasteiger partial charge is 0.507 e. The summed E-state index contributed by atoms with van der Waals surface area (Å²) < 4.78 is 0. The molecule has 13 heavy (non-hydrogen) atoms. The normalized spacial score (nSPS) is 10.1. The molecule has 1 aromatic carbocycles. The van der Waals surface area contributed by atoms with Crippen LogP contribution in [0.15, 0.2) is 12.1 Å². The Balaban J connectivity index is 3.33. The van der Waals surface area contributed by atoms with Crippen molar-refractivity contribution < 1.29 is 9.90 Å². The maximum absolute atomic E-state index is 11.2. The fourth-order valence-corrected chi connectivity index (χ4v) is 1.30.